The normalized spacial score (nSPS) is 21.6. The first kappa shape index (κ1) is 33.4. The number of anilines is 1. The van der Waals surface area contributed by atoms with Crippen molar-refractivity contribution in [2.45, 2.75) is 45.0 Å². The number of carbonyl (C=O) groups is 3. The Hall–Kier alpha value is -5.07. The molecule has 0 bridgehead atoms. The SMILES string of the molecule is COc1cc2c(cc1OC)CN(CC1OC(c3cccc(NC(=O)c4ccc5c(c4)C(=O)OC5=O)c3)OC(c3ccc(CO)cc3)C1C)CC2. The second-order valence-electron chi connectivity index (χ2n) is 12.8. The molecular formula is C39H38N2O9. The molecule has 4 aromatic rings. The quantitative estimate of drug-likeness (QED) is 0.170. The highest BCUT2D eigenvalue weighted by Crippen LogP contribution is 2.43. The number of ether oxygens (including phenoxy) is 5. The van der Waals surface area contributed by atoms with Crippen LogP contribution in [0.4, 0.5) is 5.69 Å². The van der Waals surface area contributed by atoms with E-state index in [-0.39, 0.29) is 41.4 Å². The van der Waals surface area contributed by atoms with Crippen molar-refractivity contribution < 1.29 is 43.2 Å². The van der Waals surface area contributed by atoms with E-state index in [0.29, 0.717) is 18.0 Å². The van der Waals surface area contributed by atoms with Gasteiger partial charge in [-0.2, -0.15) is 0 Å². The summed E-state index contributed by atoms with van der Waals surface area (Å²) >= 11 is 0. The third-order valence-corrected chi connectivity index (χ3v) is 9.68. The fourth-order valence-electron chi connectivity index (χ4n) is 6.87. The third-order valence-electron chi connectivity index (χ3n) is 9.68. The number of nitrogens with one attached hydrogen (secondary N) is 1. The van der Waals surface area contributed by atoms with Crippen molar-refractivity contribution in [1.82, 2.24) is 4.90 Å². The molecule has 11 nitrogen and oxygen atoms in total. The lowest BCUT2D eigenvalue weighted by Gasteiger charge is -2.43. The number of cyclic esters (lactones) is 2. The van der Waals surface area contributed by atoms with Crippen LogP contribution in [0.2, 0.25) is 0 Å². The Kier molecular flexibility index (Phi) is 9.39. The first-order valence-electron chi connectivity index (χ1n) is 16.5. The van der Waals surface area contributed by atoms with Crippen LogP contribution in [-0.4, -0.2) is 61.3 Å². The lowest BCUT2D eigenvalue weighted by molar-refractivity contribution is -0.276. The number of hydrogen-bond acceptors (Lipinski definition) is 10. The molecule has 3 heterocycles. The molecule has 1 saturated heterocycles. The van der Waals surface area contributed by atoms with Crippen LogP contribution in [0.15, 0.2) is 78.9 Å². The second kappa shape index (κ2) is 14.0. The maximum Gasteiger partial charge on any atom is 0.346 e. The van der Waals surface area contributed by atoms with Crippen molar-refractivity contribution in [3.05, 3.63) is 123 Å². The minimum Gasteiger partial charge on any atom is -0.493 e. The lowest BCUT2D eigenvalue weighted by Crippen LogP contribution is -2.45. The standard InChI is InChI=1S/C39H38N2O9/c1-22-34(20-41-14-13-25-17-32(46-2)33(47-3)18-28(25)19-41)48-39(49-35(22)24-9-7-23(21-42)8-10-24)27-5-4-6-29(15-27)40-36(43)26-11-12-30-31(16-26)38(45)50-37(30)44/h4-12,15-18,22,34-35,39,42H,13-14,19-21H2,1-3H3,(H,40,43). The largest absolute Gasteiger partial charge is 0.493 e. The Balaban J connectivity index is 1.12. The molecule has 3 aliphatic heterocycles. The van der Waals surface area contributed by atoms with Gasteiger partial charge in [0.05, 0.1) is 44.2 Å². The number of hydrogen-bond donors (Lipinski definition) is 2. The van der Waals surface area contributed by atoms with Crippen LogP contribution in [0.3, 0.4) is 0 Å². The lowest BCUT2D eigenvalue weighted by atomic mass is 9.89. The van der Waals surface area contributed by atoms with E-state index in [1.54, 1.807) is 20.3 Å². The first-order chi connectivity index (χ1) is 24.2. The summed E-state index contributed by atoms with van der Waals surface area (Å²) in [6.45, 7) is 4.34. The molecule has 4 aromatic carbocycles. The van der Waals surface area contributed by atoms with Crippen molar-refractivity contribution in [1.29, 1.82) is 0 Å². The summed E-state index contributed by atoms with van der Waals surface area (Å²) < 4.78 is 29.1. The number of benzene rings is 4. The molecule has 0 aromatic heterocycles. The highest BCUT2D eigenvalue weighted by atomic mass is 16.7. The number of esters is 2. The summed E-state index contributed by atoms with van der Waals surface area (Å²) in [5.74, 6) is -0.526. The summed E-state index contributed by atoms with van der Waals surface area (Å²) in [4.78, 5) is 39.5. The van der Waals surface area contributed by atoms with Gasteiger partial charge in [0.15, 0.2) is 17.8 Å². The number of aliphatic hydroxyl groups is 1. The van der Waals surface area contributed by atoms with Gasteiger partial charge in [0.1, 0.15) is 0 Å². The van der Waals surface area contributed by atoms with E-state index < -0.39 is 24.1 Å². The minimum atomic E-state index is -0.772. The van der Waals surface area contributed by atoms with Crippen LogP contribution < -0.4 is 14.8 Å². The van der Waals surface area contributed by atoms with Crippen LogP contribution in [-0.2, 0) is 33.8 Å². The van der Waals surface area contributed by atoms with E-state index >= 15 is 0 Å². The van der Waals surface area contributed by atoms with Crippen molar-refractivity contribution in [2.75, 3.05) is 32.6 Å². The summed E-state index contributed by atoms with van der Waals surface area (Å²) in [6, 6.07) is 23.4. The highest BCUT2D eigenvalue weighted by molar-refractivity contribution is 6.16. The molecule has 0 spiro atoms. The second-order valence-corrected chi connectivity index (χ2v) is 12.8. The molecule has 0 saturated carbocycles. The van der Waals surface area contributed by atoms with E-state index in [4.69, 9.17) is 18.9 Å². The van der Waals surface area contributed by atoms with E-state index in [9.17, 15) is 19.5 Å². The molecule has 1 amide bonds. The smallest absolute Gasteiger partial charge is 0.346 e. The number of carbonyl (C=O) groups excluding carboxylic acids is 3. The molecule has 4 unspecified atom stereocenters. The van der Waals surface area contributed by atoms with Crippen molar-refractivity contribution in [2.24, 2.45) is 5.92 Å². The topological polar surface area (TPSA) is 133 Å². The molecule has 7 rings (SSSR count). The van der Waals surface area contributed by atoms with Crippen LogP contribution in [0.25, 0.3) is 0 Å². The Morgan fingerprint density at radius 2 is 1.62 bits per heavy atom. The predicted octanol–water partition coefficient (Wildman–Crippen LogP) is 5.61. The van der Waals surface area contributed by atoms with E-state index in [1.807, 2.05) is 42.5 Å². The molecule has 50 heavy (non-hydrogen) atoms. The first-order valence-corrected chi connectivity index (χ1v) is 16.5. The van der Waals surface area contributed by atoms with Gasteiger partial charge >= 0.3 is 11.9 Å². The number of methoxy groups -OCH3 is 2. The molecule has 258 valence electrons. The van der Waals surface area contributed by atoms with Gasteiger partial charge in [0.2, 0.25) is 0 Å². The van der Waals surface area contributed by atoms with E-state index in [1.165, 1.54) is 29.3 Å². The molecule has 4 atom stereocenters. The van der Waals surface area contributed by atoms with Gasteiger partial charge in [0.25, 0.3) is 5.91 Å². The zero-order valence-electron chi connectivity index (χ0n) is 28.0. The predicted molar refractivity (Wildman–Crippen MR) is 182 cm³/mol. The molecule has 11 heteroatoms. The van der Waals surface area contributed by atoms with Gasteiger partial charge in [-0.3, -0.25) is 9.69 Å². The molecule has 3 aliphatic rings. The summed E-state index contributed by atoms with van der Waals surface area (Å²) in [5.41, 5.74) is 5.87. The maximum atomic E-state index is 13.2. The Labute approximate surface area is 289 Å². The van der Waals surface area contributed by atoms with Gasteiger partial charge in [-0.1, -0.05) is 43.3 Å². The highest BCUT2D eigenvalue weighted by Gasteiger charge is 2.40. The fourth-order valence-corrected chi connectivity index (χ4v) is 6.87. The summed E-state index contributed by atoms with van der Waals surface area (Å²) in [6.07, 6.45) is -0.380. The zero-order valence-corrected chi connectivity index (χ0v) is 28.0. The van der Waals surface area contributed by atoms with Gasteiger partial charge in [-0.25, -0.2) is 9.59 Å². The fraction of sp³-hybridized carbons (Fsp3) is 0.308. The number of aliphatic hydroxyl groups excluding tert-OH is 1. The Morgan fingerprint density at radius 3 is 2.36 bits per heavy atom. The van der Waals surface area contributed by atoms with Gasteiger partial charge < -0.3 is 34.1 Å². The van der Waals surface area contributed by atoms with Crippen LogP contribution in [0.5, 0.6) is 11.5 Å². The molecule has 2 N–H and O–H groups in total. The Bertz CT molecular complexity index is 1940. The molecular weight excluding hydrogens is 640 g/mol. The molecule has 1 fully saturated rings. The van der Waals surface area contributed by atoms with Crippen molar-refractivity contribution >= 4 is 23.5 Å². The summed E-state index contributed by atoms with van der Waals surface area (Å²) in [5, 5.41) is 12.5. The number of fused-ring (bicyclic) bond motifs is 2. The van der Waals surface area contributed by atoms with Crippen LogP contribution >= 0.6 is 0 Å². The average molecular weight is 679 g/mol. The van der Waals surface area contributed by atoms with Gasteiger partial charge in [0, 0.05) is 42.4 Å². The number of rotatable bonds is 9. The third kappa shape index (κ3) is 6.60. The van der Waals surface area contributed by atoms with E-state index in [2.05, 4.69) is 34.0 Å². The molecule has 0 aliphatic carbocycles. The summed E-state index contributed by atoms with van der Waals surface area (Å²) in [7, 11) is 3.29. The molecule has 0 radical (unpaired) electrons. The van der Waals surface area contributed by atoms with E-state index in [0.717, 1.165) is 42.0 Å². The number of nitrogens with zero attached hydrogens (tertiary/aromatic N) is 1. The van der Waals surface area contributed by atoms with Crippen molar-refractivity contribution in [3.63, 3.8) is 0 Å². The van der Waals surface area contributed by atoms with Gasteiger partial charge in [-0.05, 0) is 71.1 Å². The maximum absolute atomic E-state index is 13.2. The van der Waals surface area contributed by atoms with Gasteiger partial charge in [-0.15, -0.1) is 0 Å². The number of amides is 1. The van der Waals surface area contributed by atoms with Crippen molar-refractivity contribution in [3.8, 4) is 11.5 Å². The minimum absolute atomic E-state index is 0.0145. The zero-order chi connectivity index (χ0) is 34.9. The average Bonchev–Trinajstić information content (AvgIpc) is 3.43. The Morgan fingerprint density at radius 1 is 0.880 bits per heavy atom. The monoisotopic (exact) mass is 678 g/mol. The van der Waals surface area contributed by atoms with Crippen LogP contribution in [0.1, 0.15) is 78.2 Å². The van der Waals surface area contributed by atoms with Crippen LogP contribution in [0, 0.1) is 5.92 Å².